The van der Waals surface area contributed by atoms with Crippen LogP contribution < -0.4 is 5.32 Å². The van der Waals surface area contributed by atoms with E-state index in [4.69, 9.17) is 4.74 Å². The zero-order valence-corrected chi connectivity index (χ0v) is 10.4. The quantitative estimate of drug-likeness (QED) is 0.847. The summed E-state index contributed by atoms with van der Waals surface area (Å²) in [6, 6.07) is 1.34. The SMILES string of the molecule is COC1CCC(n2cncc2CNC2CC2)C1. The highest BCUT2D eigenvalue weighted by Crippen LogP contribution is 2.32. The van der Waals surface area contributed by atoms with E-state index < -0.39 is 0 Å². The van der Waals surface area contributed by atoms with Gasteiger partial charge in [0.25, 0.3) is 0 Å². The average molecular weight is 235 g/mol. The van der Waals surface area contributed by atoms with Crippen LogP contribution in [0, 0.1) is 0 Å². The molecule has 2 atom stereocenters. The van der Waals surface area contributed by atoms with Crippen LogP contribution in [0.2, 0.25) is 0 Å². The van der Waals surface area contributed by atoms with Gasteiger partial charge in [0.15, 0.2) is 0 Å². The zero-order valence-electron chi connectivity index (χ0n) is 10.4. The third kappa shape index (κ3) is 2.53. The van der Waals surface area contributed by atoms with Crippen molar-refractivity contribution in [3.05, 3.63) is 18.2 Å². The van der Waals surface area contributed by atoms with Crippen molar-refractivity contribution in [3.8, 4) is 0 Å². The second-order valence-electron chi connectivity index (χ2n) is 5.27. The predicted molar refractivity (Wildman–Crippen MR) is 65.8 cm³/mol. The molecule has 0 aliphatic heterocycles. The highest BCUT2D eigenvalue weighted by Gasteiger charge is 2.27. The monoisotopic (exact) mass is 235 g/mol. The minimum atomic E-state index is 0.437. The normalized spacial score (nSPS) is 28.8. The molecule has 2 aliphatic rings. The smallest absolute Gasteiger partial charge is 0.0951 e. The van der Waals surface area contributed by atoms with Gasteiger partial charge in [0, 0.05) is 31.9 Å². The minimum absolute atomic E-state index is 0.437. The number of rotatable bonds is 5. The fraction of sp³-hybridized carbons (Fsp3) is 0.769. The Morgan fingerprint density at radius 2 is 2.29 bits per heavy atom. The van der Waals surface area contributed by atoms with E-state index >= 15 is 0 Å². The molecule has 4 nitrogen and oxygen atoms in total. The standard InChI is InChI=1S/C13H21N3O/c1-17-13-5-4-11(6-13)16-9-14-7-12(16)8-15-10-2-3-10/h7,9-11,13,15H,2-6,8H2,1H3. The summed E-state index contributed by atoms with van der Waals surface area (Å²) in [4.78, 5) is 4.30. The van der Waals surface area contributed by atoms with Crippen molar-refractivity contribution in [3.63, 3.8) is 0 Å². The molecular formula is C13H21N3O. The maximum absolute atomic E-state index is 5.44. The topological polar surface area (TPSA) is 39.1 Å². The summed E-state index contributed by atoms with van der Waals surface area (Å²) in [5.41, 5.74) is 1.32. The molecule has 0 saturated heterocycles. The van der Waals surface area contributed by atoms with Gasteiger partial charge in [-0.2, -0.15) is 0 Å². The van der Waals surface area contributed by atoms with Gasteiger partial charge in [-0.15, -0.1) is 0 Å². The zero-order chi connectivity index (χ0) is 11.7. The van der Waals surface area contributed by atoms with E-state index in [1.807, 2.05) is 19.6 Å². The van der Waals surface area contributed by atoms with E-state index in [0.717, 1.165) is 19.0 Å². The van der Waals surface area contributed by atoms with Crippen LogP contribution in [0.3, 0.4) is 0 Å². The van der Waals surface area contributed by atoms with E-state index in [9.17, 15) is 0 Å². The lowest BCUT2D eigenvalue weighted by Crippen LogP contribution is -2.19. The first kappa shape index (κ1) is 11.2. The summed E-state index contributed by atoms with van der Waals surface area (Å²) in [5.74, 6) is 0. The number of aromatic nitrogens is 2. The van der Waals surface area contributed by atoms with Crippen LogP contribution in [0.15, 0.2) is 12.5 Å². The maximum Gasteiger partial charge on any atom is 0.0951 e. The van der Waals surface area contributed by atoms with Gasteiger partial charge < -0.3 is 14.6 Å². The highest BCUT2D eigenvalue weighted by molar-refractivity contribution is 5.02. The van der Waals surface area contributed by atoms with Gasteiger partial charge >= 0.3 is 0 Å². The van der Waals surface area contributed by atoms with Crippen molar-refractivity contribution < 1.29 is 4.74 Å². The number of imidazole rings is 1. The molecule has 17 heavy (non-hydrogen) atoms. The fourth-order valence-electron chi connectivity index (χ4n) is 2.72. The van der Waals surface area contributed by atoms with Crippen molar-refractivity contribution in [1.29, 1.82) is 0 Å². The van der Waals surface area contributed by atoms with Crippen LogP contribution in [-0.4, -0.2) is 28.8 Å². The van der Waals surface area contributed by atoms with Crippen molar-refractivity contribution in [2.45, 2.75) is 56.8 Å². The molecule has 2 saturated carbocycles. The van der Waals surface area contributed by atoms with Crippen molar-refractivity contribution in [1.82, 2.24) is 14.9 Å². The predicted octanol–water partition coefficient (Wildman–Crippen LogP) is 1.88. The van der Waals surface area contributed by atoms with E-state index in [-0.39, 0.29) is 0 Å². The largest absolute Gasteiger partial charge is 0.381 e. The Morgan fingerprint density at radius 3 is 3.00 bits per heavy atom. The van der Waals surface area contributed by atoms with Gasteiger partial charge in [-0.3, -0.25) is 0 Å². The summed E-state index contributed by atoms with van der Waals surface area (Å²) in [6.45, 7) is 0.957. The maximum atomic E-state index is 5.44. The van der Waals surface area contributed by atoms with Crippen LogP contribution in [0.4, 0.5) is 0 Å². The molecule has 1 heterocycles. The first-order chi connectivity index (χ1) is 8.36. The third-order valence-electron chi connectivity index (χ3n) is 3.98. The van der Waals surface area contributed by atoms with Gasteiger partial charge in [0.05, 0.1) is 18.1 Å². The van der Waals surface area contributed by atoms with Gasteiger partial charge in [0.1, 0.15) is 0 Å². The Morgan fingerprint density at radius 1 is 1.41 bits per heavy atom. The van der Waals surface area contributed by atoms with Crippen LogP contribution in [0.25, 0.3) is 0 Å². The summed E-state index contributed by atoms with van der Waals surface area (Å²) in [6.07, 6.45) is 10.6. The molecule has 0 radical (unpaired) electrons. The van der Waals surface area contributed by atoms with Gasteiger partial charge in [-0.25, -0.2) is 4.98 Å². The molecule has 0 aromatic carbocycles. The Kier molecular flexibility index (Phi) is 3.16. The van der Waals surface area contributed by atoms with E-state index in [1.54, 1.807) is 0 Å². The highest BCUT2D eigenvalue weighted by atomic mass is 16.5. The first-order valence-corrected chi connectivity index (χ1v) is 6.63. The molecule has 2 aliphatic carbocycles. The van der Waals surface area contributed by atoms with E-state index in [0.29, 0.717) is 12.1 Å². The molecular weight excluding hydrogens is 214 g/mol. The van der Waals surface area contributed by atoms with Crippen LogP contribution in [0.1, 0.15) is 43.8 Å². The molecule has 4 heteroatoms. The van der Waals surface area contributed by atoms with Gasteiger partial charge in [-0.1, -0.05) is 0 Å². The second-order valence-corrected chi connectivity index (χ2v) is 5.27. The molecule has 1 N–H and O–H groups in total. The van der Waals surface area contributed by atoms with Gasteiger partial charge in [0.2, 0.25) is 0 Å². The summed E-state index contributed by atoms with van der Waals surface area (Å²) < 4.78 is 7.78. The average Bonchev–Trinajstić information content (AvgIpc) is 2.89. The summed E-state index contributed by atoms with van der Waals surface area (Å²) in [7, 11) is 1.82. The summed E-state index contributed by atoms with van der Waals surface area (Å²) >= 11 is 0. The molecule has 0 bridgehead atoms. The van der Waals surface area contributed by atoms with Crippen LogP contribution >= 0.6 is 0 Å². The Hall–Kier alpha value is -0.870. The molecule has 1 aromatic rings. The van der Waals surface area contributed by atoms with E-state index in [2.05, 4.69) is 14.9 Å². The van der Waals surface area contributed by atoms with Crippen molar-refractivity contribution in [2.24, 2.45) is 0 Å². The minimum Gasteiger partial charge on any atom is -0.381 e. The Bertz CT molecular complexity index is 372. The number of hydrogen-bond donors (Lipinski definition) is 1. The number of nitrogens with one attached hydrogen (secondary N) is 1. The van der Waals surface area contributed by atoms with E-state index in [1.165, 1.54) is 31.4 Å². The molecule has 2 fully saturated rings. The molecule has 1 aromatic heterocycles. The Labute approximate surface area is 102 Å². The molecule has 0 spiro atoms. The molecule has 94 valence electrons. The first-order valence-electron chi connectivity index (χ1n) is 6.63. The summed E-state index contributed by atoms with van der Waals surface area (Å²) in [5, 5.41) is 3.56. The lowest BCUT2D eigenvalue weighted by Gasteiger charge is -2.16. The van der Waals surface area contributed by atoms with Gasteiger partial charge in [-0.05, 0) is 32.1 Å². The third-order valence-corrected chi connectivity index (χ3v) is 3.98. The number of ether oxygens (including phenoxy) is 1. The number of methoxy groups -OCH3 is 1. The molecule has 2 unspecified atom stereocenters. The lowest BCUT2D eigenvalue weighted by atomic mass is 10.2. The lowest BCUT2D eigenvalue weighted by molar-refractivity contribution is 0.105. The fourth-order valence-corrected chi connectivity index (χ4v) is 2.72. The molecule has 3 rings (SSSR count). The van der Waals surface area contributed by atoms with Crippen LogP contribution in [0.5, 0.6) is 0 Å². The Balaban J connectivity index is 1.63. The van der Waals surface area contributed by atoms with Crippen molar-refractivity contribution in [2.75, 3.05) is 7.11 Å². The van der Waals surface area contributed by atoms with Crippen molar-refractivity contribution >= 4 is 0 Å². The number of hydrogen-bond acceptors (Lipinski definition) is 3. The number of nitrogens with zero attached hydrogens (tertiary/aromatic N) is 2. The second kappa shape index (κ2) is 4.78. The molecule has 0 amide bonds. The van der Waals surface area contributed by atoms with Crippen LogP contribution in [-0.2, 0) is 11.3 Å².